The van der Waals surface area contributed by atoms with E-state index in [1.165, 1.54) is 9.80 Å². The van der Waals surface area contributed by atoms with Gasteiger partial charge >= 0.3 is 12.1 Å². The number of pyridine rings is 1. The number of hydrogen-bond acceptors (Lipinski definition) is 6. The average molecular weight is 377 g/mol. The van der Waals surface area contributed by atoms with E-state index in [9.17, 15) is 14.4 Å². The summed E-state index contributed by atoms with van der Waals surface area (Å²) in [7, 11) is 0. The quantitative estimate of drug-likeness (QED) is 0.741. The summed E-state index contributed by atoms with van der Waals surface area (Å²) in [5.74, 6) is -0.727. The second-order valence-electron chi connectivity index (χ2n) is 7.32. The second kappa shape index (κ2) is 8.83. The number of carbonyl (C=O) groups is 3. The topological polar surface area (TPSA) is 89.0 Å². The Labute approximate surface area is 159 Å². The van der Waals surface area contributed by atoms with E-state index in [1.807, 2.05) is 0 Å². The minimum absolute atomic E-state index is 0.0481. The maximum Gasteiger partial charge on any atom is 0.410 e. The lowest BCUT2D eigenvalue weighted by molar-refractivity contribution is -0.157. The smallest absolute Gasteiger partial charge is 0.410 e. The summed E-state index contributed by atoms with van der Waals surface area (Å²) in [5, 5.41) is 0. The van der Waals surface area contributed by atoms with Crippen molar-refractivity contribution in [3.63, 3.8) is 0 Å². The summed E-state index contributed by atoms with van der Waals surface area (Å²) >= 11 is 0. The molecular formula is C19H27N3O5. The van der Waals surface area contributed by atoms with Gasteiger partial charge in [0.15, 0.2) is 0 Å². The van der Waals surface area contributed by atoms with E-state index in [-0.39, 0.29) is 32.0 Å². The van der Waals surface area contributed by atoms with Crippen molar-refractivity contribution in [3.05, 3.63) is 30.1 Å². The maximum atomic E-state index is 12.7. The Kier molecular flexibility index (Phi) is 6.76. The number of esters is 1. The van der Waals surface area contributed by atoms with Crippen LogP contribution in [0.3, 0.4) is 0 Å². The van der Waals surface area contributed by atoms with Gasteiger partial charge in [0.05, 0.1) is 19.6 Å². The van der Waals surface area contributed by atoms with E-state index < -0.39 is 23.7 Å². The zero-order valence-corrected chi connectivity index (χ0v) is 16.3. The zero-order valence-electron chi connectivity index (χ0n) is 16.3. The normalized spacial score (nSPS) is 17.4. The van der Waals surface area contributed by atoms with Gasteiger partial charge in [0, 0.05) is 25.5 Å². The predicted octanol–water partition coefficient (Wildman–Crippen LogP) is 1.64. The number of nitrogens with zero attached hydrogens (tertiary/aromatic N) is 3. The van der Waals surface area contributed by atoms with Crippen LogP contribution in [0.2, 0.25) is 0 Å². The van der Waals surface area contributed by atoms with Gasteiger partial charge in [-0.15, -0.1) is 0 Å². The molecule has 1 saturated heterocycles. The molecule has 0 aliphatic carbocycles. The fourth-order valence-electron chi connectivity index (χ4n) is 2.79. The molecule has 0 spiro atoms. The first-order valence-electron chi connectivity index (χ1n) is 9.04. The van der Waals surface area contributed by atoms with Gasteiger partial charge in [0.1, 0.15) is 11.6 Å². The average Bonchev–Trinajstić information content (AvgIpc) is 2.60. The molecule has 0 bridgehead atoms. The molecule has 1 aliphatic heterocycles. The maximum absolute atomic E-state index is 12.7. The highest BCUT2D eigenvalue weighted by molar-refractivity contribution is 5.87. The molecule has 8 heteroatoms. The number of amides is 2. The molecule has 1 aliphatic rings. The third-order valence-corrected chi connectivity index (χ3v) is 3.99. The largest absolute Gasteiger partial charge is 0.464 e. The molecule has 2 rings (SSSR count). The van der Waals surface area contributed by atoms with Crippen molar-refractivity contribution in [2.24, 2.45) is 0 Å². The molecule has 1 unspecified atom stereocenters. The van der Waals surface area contributed by atoms with Crippen molar-refractivity contribution in [3.8, 4) is 0 Å². The van der Waals surface area contributed by atoms with Crippen LogP contribution in [0.15, 0.2) is 24.5 Å². The van der Waals surface area contributed by atoms with Crippen molar-refractivity contribution in [1.29, 1.82) is 0 Å². The number of aromatic nitrogens is 1. The van der Waals surface area contributed by atoms with Crippen LogP contribution in [0, 0.1) is 0 Å². The van der Waals surface area contributed by atoms with Crippen LogP contribution in [0.4, 0.5) is 4.79 Å². The highest BCUT2D eigenvalue weighted by Crippen LogP contribution is 2.17. The summed E-state index contributed by atoms with van der Waals surface area (Å²) in [6, 6.07) is 2.71. The van der Waals surface area contributed by atoms with E-state index >= 15 is 0 Å². The Balaban J connectivity index is 2.11. The Morgan fingerprint density at radius 2 is 2.00 bits per heavy atom. The molecule has 2 amide bonds. The van der Waals surface area contributed by atoms with Crippen LogP contribution in [0.25, 0.3) is 0 Å². The Morgan fingerprint density at radius 1 is 1.26 bits per heavy atom. The molecule has 0 radical (unpaired) electrons. The van der Waals surface area contributed by atoms with Crippen molar-refractivity contribution < 1.29 is 23.9 Å². The minimum atomic E-state index is -0.851. The molecule has 0 saturated carbocycles. The van der Waals surface area contributed by atoms with Crippen LogP contribution in [0.1, 0.15) is 33.3 Å². The van der Waals surface area contributed by atoms with Crippen molar-refractivity contribution in [2.45, 2.75) is 45.8 Å². The molecule has 1 aromatic heterocycles. The van der Waals surface area contributed by atoms with E-state index in [4.69, 9.17) is 9.47 Å². The Morgan fingerprint density at radius 3 is 2.59 bits per heavy atom. The highest BCUT2D eigenvalue weighted by atomic mass is 16.6. The molecule has 1 atom stereocenters. The fraction of sp³-hybridized carbons (Fsp3) is 0.579. The highest BCUT2D eigenvalue weighted by Gasteiger charge is 2.39. The number of hydrogen-bond donors (Lipinski definition) is 0. The van der Waals surface area contributed by atoms with Gasteiger partial charge in [-0.05, 0) is 39.3 Å². The summed E-state index contributed by atoms with van der Waals surface area (Å²) in [6.45, 7) is 7.82. The number of rotatable bonds is 4. The molecule has 27 heavy (non-hydrogen) atoms. The van der Waals surface area contributed by atoms with Crippen molar-refractivity contribution in [1.82, 2.24) is 14.8 Å². The Hall–Kier alpha value is -2.64. The third kappa shape index (κ3) is 5.94. The van der Waals surface area contributed by atoms with E-state index in [2.05, 4.69) is 4.98 Å². The molecule has 148 valence electrons. The lowest BCUT2D eigenvalue weighted by Crippen LogP contribution is -2.60. The lowest BCUT2D eigenvalue weighted by atomic mass is 10.1. The van der Waals surface area contributed by atoms with Crippen LogP contribution in [-0.4, -0.2) is 70.6 Å². The molecule has 0 N–H and O–H groups in total. The molecule has 1 fully saturated rings. The summed E-state index contributed by atoms with van der Waals surface area (Å²) in [4.78, 5) is 44.4. The van der Waals surface area contributed by atoms with Gasteiger partial charge in [-0.25, -0.2) is 9.59 Å². The van der Waals surface area contributed by atoms with Gasteiger partial charge in [-0.3, -0.25) is 9.78 Å². The zero-order chi connectivity index (χ0) is 20.0. The first-order valence-corrected chi connectivity index (χ1v) is 9.04. The predicted molar refractivity (Wildman–Crippen MR) is 97.9 cm³/mol. The first kappa shape index (κ1) is 20.7. The van der Waals surface area contributed by atoms with Gasteiger partial charge in [0.25, 0.3) is 0 Å². The fourth-order valence-corrected chi connectivity index (χ4v) is 2.79. The van der Waals surface area contributed by atoms with Crippen LogP contribution < -0.4 is 0 Å². The van der Waals surface area contributed by atoms with Gasteiger partial charge < -0.3 is 19.3 Å². The molecule has 0 aromatic carbocycles. The SMILES string of the molecule is CCOC(=O)C1CN(C(=O)OC(C)(C)C)CCN1C(=O)Cc1cccnc1. The van der Waals surface area contributed by atoms with Gasteiger partial charge in [0.2, 0.25) is 5.91 Å². The Bertz CT molecular complexity index is 672. The van der Waals surface area contributed by atoms with Crippen LogP contribution in [-0.2, 0) is 25.5 Å². The molecule has 2 heterocycles. The number of piperazine rings is 1. The number of ether oxygens (including phenoxy) is 2. The monoisotopic (exact) mass is 377 g/mol. The summed E-state index contributed by atoms with van der Waals surface area (Å²) in [5.41, 5.74) is 0.128. The molecular weight excluding hydrogens is 350 g/mol. The standard InChI is InChI=1S/C19H27N3O5/c1-5-26-17(24)15-13-21(18(25)27-19(2,3)4)9-10-22(15)16(23)11-14-7-6-8-20-12-14/h6-8,12,15H,5,9-11,13H2,1-4H3. The van der Waals surface area contributed by atoms with Gasteiger partial charge in [-0.2, -0.15) is 0 Å². The second-order valence-corrected chi connectivity index (χ2v) is 7.32. The minimum Gasteiger partial charge on any atom is -0.464 e. The lowest BCUT2D eigenvalue weighted by Gasteiger charge is -2.40. The first-order chi connectivity index (χ1) is 12.7. The molecule has 8 nitrogen and oxygen atoms in total. The van der Waals surface area contributed by atoms with E-state index in [1.54, 1.807) is 52.2 Å². The third-order valence-electron chi connectivity index (χ3n) is 3.99. The molecule has 1 aromatic rings. The van der Waals surface area contributed by atoms with Gasteiger partial charge in [-0.1, -0.05) is 6.07 Å². The van der Waals surface area contributed by atoms with Crippen molar-refractivity contribution in [2.75, 3.05) is 26.2 Å². The summed E-state index contributed by atoms with van der Waals surface area (Å²) in [6.07, 6.45) is 2.88. The number of carbonyl (C=O) groups excluding carboxylic acids is 3. The van der Waals surface area contributed by atoms with Crippen LogP contribution in [0.5, 0.6) is 0 Å². The summed E-state index contributed by atoms with van der Waals surface area (Å²) < 4.78 is 10.5. The van der Waals surface area contributed by atoms with E-state index in [0.29, 0.717) is 6.54 Å². The van der Waals surface area contributed by atoms with Crippen molar-refractivity contribution >= 4 is 18.0 Å². The van der Waals surface area contributed by atoms with Crippen LogP contribution >= 0.6 is 0 Å². The van der Waals surface area contributed by atoms with E-state index in [0.717, 1.165) is 5.56 Å².